The van der Waals surface area contributed by atoms with E-state index in [9.17, 15) is 24.1 Å². The Morgan fingerprint density at radius 3 is 2.41 bits per heavy atom. The van der Waals surface area contributed by atoms with Crippen molar-refractivity contribution < 1.29 is 18.9 Å². The van der Waals surface area contributed by atoms with Gasteiger partial charge in [0.15, 0.2) is 0 Å². The van der Waals surface area contributed by atoms with Crippen LogP contribution in [0.1, 0.15) is 15.9 Å². The van der Waals surface area contributed by atoms with Gasteiger partial charge in [-0.15, -0.1) is 0 Å². The molecule has 10 heteroatoms. The fraction of sp³-hybridized carbons (Fsp3) is 0. The van der Waals surface area contributed by atoms with Crippen LogP contribution in [0.4, 0.5) is 15.8 Å². The SMILES string of the molecule is O=C(Nc1ccc(Cl)c(Cl)c1)/C(=C/c1cccc([N+](=O)[O-])c1)NC(=O)c1ccccc1F. The molecule has 0 fully saturated rings. The van der Waals surface area contributed by atoms with Gasteiger partial charge in [0, 0.05) is 17.8 Å². The van der Waals surface area contributed by atoms with Crippen LogP contribution in [0.2, 0.25) is 10.0 Å². The predicted molar refractivity (Wildman–Crippen MR) is 120 cm³/mol. The van der Waals surface area contributed by atoms with E-state index < -0.39 is 22.6 Å². The molecule has 0 heterocycles. The molecule has 3 aromatic rings. The number of nitrogens with zero attached hydrogens (tertiary/aromatic N) is 1. The molecule has 3 aromatic carbocycles. The van der Waals surface area contributed by atoms with Gasteiger partial charge in [0.1, 0.15) is 11.5 Å². The maximum atomic E-state index is 14.0. The van der Waals surface area contributed by atoms with Crippen LogP contribution >= 0.6 is 23.2 Å². The van der Waals surface area contributed by atoms with Gasteiger partial charge in [0.25, 0.3) is 17.5 Å². The number of nitro benzene ring substituents is 1. The minimum atomic E-state index is -0.871. The molecule has 162 valence electrons. The van der Waals surface area contributed by atoms with Crippen molar-refractivity contribution in [1.82, 2.24) is 5.32 Å². The molecule has 3 rings (SSSR count). The number of hydrogen-bond acceptors (Lipinski definition) is 4. The van der Waals surface area contributed by atoms with Gasteiger partial charge >= 0.3 is 0 Å². The monoisotopic (exact) mass is 473 g/mol. The van der Waals surface area contributed by atoms with Gasteiger partial charge in [-0.05, 0) is 42.0 Å². The van der Waals surface area contributed by atoms with Gasteiger partial charge < -0.3 is 10.6 Å². The predicted octanol–water partition coefficient (Wildman–Crippen LogP) is 5.45. The van der Waals surface area contributed by atoms with Crippen LogP contribution in [-0.2, 0) is 4.79 Å². The van der Waals surface area contributed by atoms with Crippen LogP contribution in [0.5, 0.6) is 0 Å². The molecular formula is C22H14Cl2FN3O4. The van der Waals surface area contributed by atoms with Crippen molar-refractivity contribution in [3.63, 3.8) is 0 Å². The lowest BCUT2D eigenvalue weighted by atomic mass is 10.1. The number of halogens is 3. The second-order valence-corrected chi connectivity index (χ2v) is 7.24. The first-order chi connectivity index (χ1) is 15.2. The highest BCUT2D eigenvalue weighted by atomic mass is 35.5. The summed E-state index contributed by atoms with van der Waals surface area (Å²) in [6, 6.07) is 15.1. The summed E-state index contributed by atoms with van der Waals surface area (Å²) in [6.45, 7) is 0. The van der Waals surface area contributed by atoms with Crippen LogP contribution < -0.4 is 10.6 Å². The number of carbonyl (C=O) groups is 2. The van der Waals surface area contributed by atoms with E-state index in [-0.39, 0.29) is 38.2 Å². The Balaban J connectivity index is 1.96. The molecule has 32 heavy (non-hydrogen) atoms. The first kappa shape index (κ1) is 22.9. The van der Waals surface area contributed by atoms with Gasteiger partial charge in [-0.25, -0.2) is 4.39 Å². The standard InChI is InChI=1S/C22H14Cl2FN3O4/c23-17-9-8-14(12-18(17)24)26-22(30)20(11-13-4-3-5-15(10-13)28(31)32)27-21(29)16-6-1-2-7-19(16)25/h1-12H,(H,26,30)(H,27,29)/b20-11-. The highest BCUT2D eigenvalue weighted by Crippen LogP contribution is 2.25. The Bertz CT molecular complexity index is 1250. The summed E-state index contributed by atoms with van der Waals surface area (Å²) in [5, 5.41) is 16.4. The Hall–Kier alpha value is -3.75. The van der Waals surface area contributed by atoms with Crippen LogP contribution in [0.25, 0.3) is 6.08 Å². The smallest absolute Gasteiger partial charge is 0.272 e. The van der Waals surface area contributed by atoms with Crippen molar-refractivity contribution in [2.24, 2.45) is 0 Å². The lowest BCUT2D eigenvalue weighted by Gasteiger charge is -2.12. The third kappa shape index (κ3) is 5.69. The first-order valence-corrected chi connectivity index (χ1v) is 9.78. The zero-order valence-corrected chi connectivity index (χ0v) is 17.7. The molecule has 2 N–H and O–H groups in total. The number of benzene rings is 3. The highest BCUT2D eigenvalue weighted by Gasteiger charge is 2.18. The van der Waals surface area contributed by atoms with E-state index in [0.29, 0.717) is 0 Å². The quantitative estimate of drug-likeness (QED) is 0.282. The van der Waals surface area contributed by atoms with E-state index in [1.165, 1.54) is 66.7 Å². The fourth-order valence-corrected chi connectivity index (χ4v) is 2.96. The van der Waals surface area contributed by atoms with E-state index in [2.05, 4.69) is 10.6 Å². The number of rotatable bonds is 6. The average Bonchev–Trinajstić information content (AvgIpc) is 2.76. The third-order valence-electron chi connectivity index (χ3n) is 4.18. The molecule has 0 aliphatic carbocycles. The summed E-state index contributed by atoms with van der Waals surface area (Å²) in [7, 11) is 0. The van der Waals surface area contributed by atoms with E-state index in [1.54, 1.807) is 0 Å². The normalized spacial score (nSPS) is 11.0. The molecule has 0 atom stereocenters. The molecule has 0 aromatic heterocycles. The van der Waals surface area contributed by atoms with Crippen molar-refractivity contribution in [2.75, 3.05) is 5.32 Å². The average molecular weight is 474 g/mol. The number of amides is 2. The summed E-state index contributed by atoms with van der Waals surface area (Å²) in [5.74, 6) is -2.41. The Morgan fingerprint density at radius 1 is 0.969 bits per heavy atom. The number of nitro groups is 1. The lowest BCUT2D eigenvalue weighted by molar-refractivity contribution is -0.384. The maximum Gasteiger partial charge on any atom is 0.272 e. The van der Waals surface area contributed by atoms with E-state index in [0.717, 1.165) is 6.07 Å². The third-order valence-corrected chi connectivity index (χ3v) is 4.92. The van der Waals surface area contributed by atoms with Crippen LogP contribution in [-0.4, -0.2) is 16.7 Å². The number of nitrogens with one attached hydrogen (secondary N) is 2. The van der Waals surface area contributed by atoms with Crippen molar-refractivity contribution in [1.29, 1.82) is 0 Å². The van der Waals surface area contributed by atoms with Crippen molar-refractivity contribution >= 4 is 52.5 Å². The molecule has 0 unspecified atom stereocenters. The maximum absolute atomic E-state index is 14.0. The number of non-ortho nitro benzene ring substituents is 1. The molecule has 0 saturated carbocycles. The molecule has 0 radical (unpaired) electrons. The lowest BCUT2D eigenvalue weighted by Crippen LogP contribution is -2.31. The summed E-state index contributed by atoms with van der Waals surface area (Å²) < 4.78 is 14.0. The number of carbonyl (C=O) groups excluding carboxylic acids is 2. The molecule has 0 saturated heterocycles. The fourth-order valence-electron chi connectivity index (χ4n) is 2.66. The Kier molecular flexibility index (Phi) is 7.19. The van der Waals surface area contributed by atoms with Gasteiger partial charge in [-0.2, -0.15) is 0 Å². The van der Waals surface area contributed by atoms with Gasteiger partial charge in [-0.3, -0.25) is 19.7 Å². The van der Waals surface area contributed by atoms with E-state index in [4.69, 9.17) is 23.2 Å². The topological polar surface area (TPSA) is 101 Å². The summed E-state index contributed by atoms with van der Waals surface area (Å²) in [4.78, 5) is 35.9. The molecular weight excluding hydrogens is 460 g/mol. The van der Waals surface area contributed by atoms with Crippen molar-refractivity contribution in [2.45, 2.75) is 0 Å². The highest BCUT2D eigenvalue weighted by molar-refractivity contribution is 6.42. The Morgan fingerprint density at radius 2 is 1.72 bits per heavy atom. The van der Waals surface area contributed by atoms with Crippen molar-refractivity contribution in [3.8, 4) is 0 Å². The van der Waals surface area contributed by atoms with Crippen LogP contribution in [0.3, 0.4) is 0 Å². The summed E-state index contributed by atoms with van der Waals surface area (Å²) >= 11 is 11.8. The minimum absolute atomic E-state index is 0.198. The van der Waals surface area contributed by atoms with E-state index >= 15 is 0 Å². The zero-order chi connectivity index (χ0) is 23.3. The largest absolute Gasteiger partial charge is 0.321 e. The number of anilines is 1. The second kappa shape index (κ2) is 10.0. The zero-order valence-electron chi connectivity index (χ0n) is 16.1. The van der Waals surface area contributed by atoms with Crippen LogP contribution in [0, 0.1) is 15.9 Å². The molecule has 0 aliphatic heterocycles. The second-order valence-electron chi connectivity index (χ2n) is 6.43. The molecule has 7 nitrogen and oxygen atoms in total. The summed E-state index contributed by atoms with van der Waals surface area (Å²) in [5.41, 5.74) is -0.199. The van der Waals surface area contributed by atoms with Gasteiger partial charge in [0.05, 0.1) is 20.5 Å². The summed E-state index contributed by atoms with van der Waals surface area (Å²) in [6.07, 6.45) is 1.23. The van der Waals surface area contributed by atoms with Gasteiger partial charge in [0.2, 0.25) is 0 Å². The van der Waals surface area contributed by atoms with Crippen LogP contribution in [0.15, 0.2) is 72.4 Å². The minimum Gasteiger partial charge on any atom is -0.321 e. The molecule has 0 spiro atoms. The molecule has 0 aliphatic rings. The molecule has 0 bridgehead atoms. The van der Waals surface area contributed by atoms with Crippen molar-refractivity contribution in [3.05, 3.63) is 110 Å². The Labute approximate surface area is 191 Å². The number of hydrogen-bond donors (Lipinski definition) is 2. The van der Waals surface area contributed by atoms with E-state index in [1.807, 2.05) is 0 Å². The molecule has 2 amide bonds. The first-order valence-electron chi connectivity index (χ1n) is 9.03. The van der Waals surface area contributed by atoms with Gasteiger partial charge in [-0.1, -0.05) is 47.5 Å².